The van der Waals surface area contributed by atoms with Gasteiger partial charge in [-0.15, -0.1) is 0 Å². The molecule has 0 spiro atoms. The summed E-state index contributed by atoms with van der Waals surface area (Å²) in [6.45, 7) is 5.24. The lowest BCUT2D eigenvalue weighted by Crippen LogP contribution is -2.45. The lowest BCUT2D eigenvalue weighted by atomic mass is 9.74. The largest absolute Gasteiger partial charge is 0.381 e. The van der Waals surface area contributed by atoms with Gasteiger partial charge in [0.2, 0.25) is 0 Å². The van der Waals surface area contributed by atoms with Gasteiger partial charge in [0, 0.05) is 30.6 Å². The number of hydrogen-bond donors (Lipinski definition) is 1. The van der Waals surface area contributed by atoms with E-state index in [-0.39, 0.29) is 34.4 Å². The van der Waals surface area contributed by atoms with E-state index in [0.717, 1.165) is 18.4 Å². The van der Waals surface area contributed by atoms with Crippen LogP contribution in [0.5, 0.6) is 0 Å². The maximum atomic E-state index is 13.5. The van der Waals surface area contributed by atoms with E-state index in [1.165, 1.54) is 16.8 Å². The molecule has 1 aromatic heterocycles. The second-order valence-corrected chi connectivity index (χ2v) is 8.32. The van der Waals surface area contributed by atoms with Gasteiger partial charge in [0.1, 0.15) is 5.82 Å². The van der Waals surface area contributed by atoms with Crippen LogP contribution in [0.2, 0.25) is 0 Å². The Kier molecular flexibility index (Phi) is 5.87. The first-order valence-corrected chi connectivity index (χ1v) is 10.5. The van der Waals surface area contributed by atoms with Crippen molar-refractivity contribution in [1.29, 1.82) is 0 Å². The maximum absolute atomic E-state index is 13.5. The molecule has 1 aliphatic rings. The van der Waals surface area contributed by atoms with Crippen LogP contribution in [0, 0.1) is 5.82 Å². The minimum absolute atomic E-state index is 0.176. The molecule has 0 bridgehead atoms. The zero-order valence-corrected chi connectivity index (χ0v) is 17.7. The molecule has 31 heavy (non-hydrogen) atoms. The first-order chi connectivity index (χ1) is 14.9. The third-order valence-corrected chi connectivity index (χ3v) is 6.03. The van der Waals surface area contributed by atoms with Crippen LogP contribution in [0.15, 0.2) is 53.3 Å². The van der Waals surface area contributed by atoms with Gasteiger partial charge in [-0.1, -0.05) is 30.3 Å². The Morgan fingerprint density at radius 1 is 1.13 bits per heavy atom. The van der Waals surface area contributed by atoms with Crippen molar-refractivity contribution in [3.8, 4) is 0 Å². The van der Waals surface area contributed by atoms with Crippen molar-refractivity contribution in [1.82, 2.24) is 15.1 Å². The van der Waals surface area contributed by atoms with Gasteiger partial charge in [0.15, 0.2) is 5.69 Å². The van der Waals surface area contributed by atoms with Crippen molar-refractivity contribution in [2.75, 3.05) is 19.8 Å². The summed E-state index contributed by atoms with van der Waals surface area (Å²) in [5.41, 5.74) is 0.645. The number of aromatic nitrogens is 2. The number of nitrogens with zero attached hydrogens (tertiary/aromatic N) is 2. The molecule has 1 amide bonds. The van der Waals surface area contributed by atoms with Crippen molar-refractivity contribution in [3.05, 3.63) is 76.0 Å². The van der Waals surface area contributed by atoms with Crippen LogP contribution in [0.25, 0.3) is 10.8 Å². The Morgan fingerprint density at radius 2 is 1.77 bits per heavy atom. The Hall–Kier alpha value is -3.06. The van der Waals surface area contributed by atoms with Crippen LogP contribution < -0.4 is 10.9 Å². The number of amides is 1. The van der Waals surface area contributed by atoms with E-state index < -0.39 is 0 Å². The molecule has 0 radical (unpaired) electrons. The van der Waals surface area contributed by atoms with E-state index in [2.05, 4.69) is 10.4 Å². The second-order valence-electron chi connectivity index (χ2n) is 8.32. The number of halogens is 1. The molecule has 2 aromatic carbocycles. The van der Waals surface area contributed by atoms with Crippen molar-refractivity contribution in [3.63, 3.8) is 0 Å². The third-order valence-electron chi connectivity index (χ3n) is 6.03. The summed E-state index contributed by atoms with van der Waals surface area (Å²) in [4.78, 5) is 26.0. The van der Waals surface area contributed by atoms with Gasteiger partial charge in [0.05, 0.1) is 11.4 Å². The maximum Gasteiger partial charge on any atom is 0.274 e. The zero-order chi connectivity index (χ0) is 22.0. The highest BCUT2D eigenvalue weighted by Crippen LogP contribution is 2.34. The summed E-state index contributed by atoms with van der Waals surface area (Å²) in [5, 5.41) is 8.42. The van der Waals surface area contributed by atoms with Crippen molar-refractivity contribution in [2.24, 2.45) is 0 Å². The van der Waals surface area contributed by atoms with Crippen molar-refractivity contribution in [2.45, 2.75) is 38.1 Å². The standard InChI is InChI=1S/C24H26FN3O3/c1-16(2)28-23(30)20-6-4-3-5-19(20)21(27-28)22(29)26-15-24(11-13-31-14-12-24)17-7-9-18(25)10-8-17/h3-10,16H,11-15H2,1-2H3,(H,26,29). The molecule has 0 aliphatic carbocycles. The molecule has 2 heterocycles. The molecular weight excluding hydrogens is 397 g/mol. The summed E-state index contributed by atoms with van der Waals surface area (Å²) in [6, 6.07) is 13.3. The first-order valence-electron chi connectivity index (χ1n) is 10.5. The normalized spacial score (nSPS) is 15.9. The highest BCUT2D eigenvalue weighted by atomic mass is 19.1. The van der Waals surface area contributed by atoms with Gasteiger partial charge >= 0.3 is 0 Å². The van der Waals surface area contributed by atoms with Gasteiger partial charge < -0.3 is 10.1 Å². The second kappa shape index (κ2) is 8.59. The lowest BCUT2D eigenvalue weighted by molar-refractivity contribution is 0.0486. The zero-order valence-electron chi connectivity index (χ0n) is 17.7. The monoisotopic (exact) mass is 423 g/mol. The van der Waals surface area contributed by atoms with Crippen LogP contribution in [-0.4, -0.2) is 35.4 Å². The van der Waals surface area contributed by atoms with Crippen LogP contribution in [0.1, 0.15) is 48.8 Å². The third kappa shape index (κ3) is 4.10. The Morgan fingerprint density at radius 3 is 2.42 bits per heavy atom. The molecule has 3 aromatic rings. The molecule has 1 aliphatic heterocycles. The van der Waals surface area contributed by atoms with Gasteiger partial charge in [-0.25, -0.2) is 9.07 Å². The summed E-state index contributed by atoms with van der Waals surface area (Å²) < 4.78 is 20.4. The summed E-state index contributed by atoms with van der Waals surface area (Å²) >= 11 is 0. The number of benzene rings is 2. The van der Waals surface area contributed by atoms with E-state index in [1.807, 2.05) is 13.8 Å². The molecule has 0 atom stereocenters. The fourth-order valence-corrected chi connectivity index (χ4v) is 4.19. The number of hydrogen-bond acceptors (Lipinski definition) is 4. The fourth-order valence-electron chi connectivity index (χ4n) is 4.19. The number of nitrogens with one attached hydrogen (secondary N) is 1. The van der Waals surface area contributed by atoms with Crippen molar-refractivity contribution < 1.29 is 13.9 Å². The van der Waals surface area contributed by atoms with Crippen LogP contribution >= 0.6 is 0 Å². The van der Waals surface area contributed by atoms with Crippen LogP contribution in [0.3, 0.4) is 0 Å². The molecule has 1 fully saturated rings. The topological polar surface area (TPSA) is 73.2 Å². The molecule has 1 N–H and O–H groups in total. The first kappa shape index (κ1) is 21.2. The number of rotatable bonds is 5. The molecule has 0 saturated carbocycles. The minimum Gasteiger partial charge on any atom is -0.381 e. The lowest BCUT2D eigenvalue weighted by Gasteiger charge is -2.38. The smallest absolute Gasteiger partial charge is 0.274 e. The number of carbonyl (C=O) groups is 1. The van der Waals surface area contributed by atoms with Gasteiger partial charge in [-0.05, 0) is 50.5 Å². The summed E-state index contributed by atoms with van der Waals surface area (Å²) in [7, 11) is 0. The number of carbonyl (C=O) groups excluding carboxylic acids is 1. The van der Waals surface area contributed by atoms with Gasteiger partial charge in [0.25, 0.3) is 11.5 Å². The average molecular weight is 423 g/mol. The predicted octanol–water partition coefficient (Wildman–Crippen LogP) is 3.59. The van der Waals surface area contributed by atoms with E-state index in [0.29, 0.717) is 30.5 Å². The van der Waals surface area contributed by atoms with Crippen molar-refractivity contribution >= 4 is 16.7 Å². The SMILES string of the molecule is CC(C)n1nc(C(=O)NCC2(c3ccc(F)cc3)CCOCC2)c2ccccc2c1=O. The van der Waals surface area contributed by atoms with E-state index in [9.17, 15) is 14.0 Å². The summed E-state index contributed by atoms with van der Waals surface area (Å²) in [5.74, 6) is -0.625. The minimum atomic E-state index is -0.343. The predicted molar refractivity (Wildman–Crippen MR) is 117 cm³/mol. The Balaban J connectivity index is 1.67. The van der Waals surface area contributed by atoms with E-state index in [1.54, 1.807) is 36.4 Å². The molecule has 162 valence electrons. The molecule has 7 heteroatoms. The molecule has 1 saturated heterocycles. The molecule has 0 unspecified atom stereocenters. The molecular formula is C24H26FN3O3. The Labute approximate surface area is 180 Å². The summed E-state index contributed by atoms with van der Waals surface area (Å²) in [6.07, 6.45) is 1.44. The number of ether oxygens (including phenoxy) is 1. The Bertz CT molecular complexity index is 1150. The number of fused-ring (bicyclic) bond motifs is 1. The van der Waals surface area contributed by atoms with Gasteiger partial charge in [-0.2, -0.15) is 5.10 Å². The van der Waals surface area contributed by atoms with Crippen LogP contribution in [0.4, 0.5) is 4.39 Å². The van der Waals surface area contributed by atoms with E-state index >= 15 is 0 Å². The highest BCUT2D eigenvalue weighted by Gasteiger charge is 2.35. The molecule has 4 rings (SSSR count). The quantitative estimate of drug-likeness (QED) is 0.681. The highest BCUT2D eigenvalue weighted by molar-refractivity contribution is 6.04. The van der Waals surface area contributed by atoms with E-state index in [4.69, 9.17) is 4.74 Å². The van der Waals surface area contributed by atoms with Gasteiger partial charge in [-0.3, -0.25) is 9.59 Å². The average Bonchev–Trinajstić information content (AvgIpc) is 2.79. The van der Waals surface area contributed by atoms with Crippen LogP contribution in [-0.2, 0) is 10.2 Å². The molecule has 6 nitrogen and oxygen atoms in total. The fraction of sp³-hybridized carbons (Fsp3) is 0.375.